The first-order chi connectivity index (χ1) is 7.73. The van der Waals surface area contributed by atoms with Crippen LogP contribution in [0.4, 0.5) is 0 Å². The molecular weight excluding hydrogens is 196 g/mol. The maximum Gasteiger partial charge on any atom is 0.0410 e. The fraction of sp³-hybridized carbons (Fsp3) is 0.643. The van der Waals surface area contributed by atoms with Gasteiger partial charge in [0, 0.05) is 17.9 Å². The number of hydrogen-bond acceptors (Lipinski definition) is 2. The lowest BCUT2D eigenvalue weighted by Crippen LogP contribution is -2.36. The van der Waals surface area contributed by atoms with Gasteiger partial charge in [0.05, 0.1) is 0 Å². The van der Waals surface area contributed by atoms with Gasteiger partial charge in [-0.1, -0.05) is 39.5 Å². The van der Waals surface area contributed by atoms with Gasteiger partial charge in [-0.25, -0.2) is 0 Å². The fourth-order valence-corrected chi connectivity index (χ4v) is 2.08. The largest absolute Gasteiger partial charge is 0.321 e. The Bertz CT molecular complexity index is 274. The van der Waals surface area contributed by atoms with Crippen LogP contribution >= 0.6 is 0 Å². The molecule has 0 saturated heterocycles. The highest BCUT2D eigenvalue weighted by molar-refractivity contribution is 5.20. The predicted molar refractivity (Wildman–Crippen MR) is 69.2 cm³/mol. The standard InChI is InChI=1S/C14H24N2/c1-3-5-9-14(15,10-6-4-2)13-7-11-16-12-8-13/h7-8,11-12H,3-6,9-10,15H2,1-2H3. The third kappa shape index (κ3) is 3.60. The van der Waals surface area contributed by atoms with Crippen molar-refractivity contribution in [1.82, 2.24) is 4.98 Å². The minimum Gasteiger partial charge on any atom is -0.321 e. The van der Waals surface area contributed by atoms with E-state index in [0.717, 1.165) is 12.8 Å². The minimum absolute atomic E-state index is 0.144. The third-order valence-corrected chi connectivity index (χ3v) is 3.21. The van der Waals surface area contributed by atoms with Crippen molar-refractivity contribution in [3.8, 4) is 0 Å². The quantitative estimate of drug-likeness (QED) is 0.762. The van der Waals surface area contributed by atoms with E-state index < -0.39 is 0 Å². The first-order valence-electron chi connectivity index (χ1n) is 6.42. The van der Waals surface area contributed by atoms with Crippen molar-refractivity contribution in [3.05, 3.63) is 30.1 Å². The second kappa shape index (κ2) is 6.64. The van der Waals surface area contributed by atoms with Crippen molar-refractivity contribution in [3.63, 3.8) is 0 Å². The zero-order valence-corrected chi connectivity index (χ0v) is 10.6. The van der Waals surface area contributed by atoms with E-state index in [4.69, 9.17) is 5.73 Å². The number of aromatic nitrogens is 1. The molecule has 16 heavy (non-hydrogen) atoms. The molecule has 2 nitrogen and oxygen atoms in total. The Morgan fingerprint density at radius 3 is 2.00 bits per heavy atom. The van der Waals surface area contributed by atoms with Crippen molar-refractivity contribution in [1.29, 1.82) is 0 Å². The summed E-state index contributed by atoms with van der Waals surface area (Å²) < 4.78 is 0. The van der Waals surface area contributed by atoms with E-state index in [-0.39, 0.29) is 5.54 Å². The highest BCUT2D eigenvalue weighted by atomic mass is 14.7. The van der Waals surface area contributed by atoms with Gasteiger partial charge in [-0.3, -0.25) is 4.98 Å². The Morgan fingerprint density at radius 1 is 1.06 bits per heavy atom. The predicted octanol–water partition coefficient (Wildman–Crippen LogP) is 3.62. The topological polar surface area (TPSA) is 38.9 Å². The van der Waals surface area contributed by atoms with Crippen LogP contribution in [0.2, 0.25) is 0 Å². The van der Waals surface area contributed by atoms with Gasteiger partial charge in [0.25, 0.3) is 0 Å². The lowest BCUT2D eigenvalue weighted by atomic mass is 9.82. The molecular formula is C14H24N2. The maximum absolute atomic E-state index is 6.56. The Balaban J connectivity index is 2.77. The number of nitrogens with two attached hydrogens (primary N) is 1. The van der Waals surface area contributed by atoms with E-state index in [1.54, 1.807) is 0 Å². The number of rotatable bonds is 7. The summed E-state index contributed by atoms with van der Waals surface area (Å²) in [5.74, 6) is 0. The van der Waals surface area contributed by atoms with Crippen molar-refractivity contribution in [2.24, 2.45) is 5.73 Å². The van der Waals surface area contributed by atoms with Gasteiger partial charge >= 0.3 is 0 Å². The maximum atomic E-state index is 6.56. The molecule has 2 heteroatoms. The molecule has 1 rings (SSSR count). The zero-order valence-electron chi connectivity index (χ0n) is 10.6. The lowest BCUT2D eigenvalue weighted by molar-refractivity contribution is 0.353. The lowest BCUT2D eigenvalue weighted by Gasteiger charge is -2.30. The van der Waals surface area contributed by atoms with Gasteiger partial charge in [-0.2, -0.15) is 0 Å². The second-order valence-electron chi connectivity index (χ2n) is 4.60. The van der Waals surface area contributed by atoms with Crippen molar-refractivity contribution in [2.45, 2.75) is 57.9 Å². The average molecular weight is 220 g/mol. The molecule has 0 bridgehead atoms. The van der Waals surface area contributed by atoms with Crippen LogP contribution in [0.3, 0.4) is 0 Å². The molecule has 0 radical (unpaired) electrons. The summed E-state index contributed by atoms with van der Waals surface area (Å²) in [6.45, 7) is 4.43. The average Bonchev–Trinajstić information content (AvgIpc) is 2.35. The zero-order chi connectivity index (χ0) is 11.9. The van der Waals surface area contributed by atoms with Crippen LogP contribution in [0.1, 0.15) is 57.9 Å². The van der Waals surface area contributed by atoms with E-state index in [1.165, 1.54) is 31.2 Å². The molecule has 0 unspecified atom stereocenters. The van der Waals surface area contributed by atoms with Gasteiger partial charge < -0.3 is 5.73 Å². The van der Waals surface area contributed by atoms with Crippen molar-refractivity contribution < 1.29 is 0 Å². The summed E-state index contributed by atoms with van der Waals surface area (Å²) in [4.78, 5) is 4.06. The molecule has 1 heterocycles. The summed E-state index contributed by atoms with van der Waals surface area (Å²) in [6.07, 6.45) is 10.6. The molecule has 1 aromatic heterocycles. The molecule has 0 spiro atoms. The highest BCUT2D eigenvalue weighted by Gasteiger charge is 2.25. The van der Waals surface area contributed by atoms with Crippen LogP contribution in [0.5, 0.6) is 0 Å². The molecule has 2 N–H and O–H groups in total. The second-order valence-corrected chi connectivity index (χ2v) is 4.60. The fourth-order valence-electron chi connectivity index (χ4n) is 2.08. The van der Waals surface area contributed by atoms with Crippen molar-refractivity contribution in [2.75, 3.05) is 0 Å². The molecule has 0 aromatic carbocycles. The number of hydrogen-bond donors (Lipinski definition) is 1. The highest BCUT2D eigenvalue weighted by Crippen LogP contribution is 2.29. The van der Waals surface area contributed by atoms with Crippen molar-refractivity contribution >= 4 is 0 Å². The van der Waals surface area contributed by atoms with Gasteiger partial charge in [0.15, 0.2) is 0 Å². The van der Waals surface area contributed by atoms with E-state index in [0.29, 0.717) is 0 Å². The molecule has 0 aliphatic heterocycles. The monoisotopic (exact) mass is 220 g/mol. The smallest absolute Gasteiger partial charge is 0.0410 e. The Hall–Kier alpha value is -0.890. The van der Waals surface area contributed by atoms with Gasteiger partial charge in [0.1, 0.15) is 0 Å². The molecule has 0 aliphatic carbocycles. The number of nitrogens with zero attached hydrogens (tertiary/aromatic N) is 1. The molecule has 0 aliphatic rings. The molecule has 90 valence electrons. The molecule has 0 saturated carbocycles. The Morgan fingerprint density at radius 2 is 1.56 bits per heavy atom. The van der Waals surface area contributed by atoms with Gasteiger partial charge in [-0.05, 0) is 30.5 Å². The van der Waals surface area contributed by atoms with Gasteiger partial charge in [-0.15, -0.1) is 0 Å². The summed E-state index contributed by atoms with van der Waals surface area (Å²) in [5.41, 5.74) is 7.66. The molecule has 0 amide bonds. The van der Waals surface area contributed by atoms with E-state index >= 15 is 0 Å². The number of unbranched alkanes of at least 4 members (excludes halogenated alkanes) is 2. The minimum atomic E-state index is -0.144. The van der Waals surface area contributed by atoms with Crippen LogP contribution in [-0.4, -0.2) is 4.98 Å². The summed E-state index contributed by atoms with van der Waals surface area (Å²) in [7, 11) is 0. The van der Waals surface area contributed by atoms with Crippen LogP contribution in [0.15, 0.2) is 24.5 Å². The van der Waals surface area contributed by atoms with Crippen LogP contribution in [0, 0.1) is 0 Å². The first kappa shape index (κ1) is 13.2. The van der Waals surface area contributed by atoms with E-state index in [9.17, 15) is 0 Å². The number of pyridine rings is 1. The molecule has 1 aromatic rings. The van der Waals surface area contributed by atoms with E-state index in [1.807, 2.05) is 12.4 Å². The molecule has 0 fully saturated rings. The summed E-state index contributed by atoms with van der Waals surface area (Å²) >= 11 is 0. The normalized spacial score (nSPS) is 11.7. The van der Waals surface area contributed by atoms with Crippen LogP contribution in [0.25, 0.3) is 0 Å². The van der Waals surface area contributed by atoms with Crippen LogP contribution in [-0.2, 0) is 5.54 Å². The Labute approximate surface area is 99.3 Å². The van der Waals surface area contributed by atoms with Gasteiger partial charge in [0.2, 0.25) is 0 Å². The summed E-state index contributed by atoms with van der Waals surface area (Å²) in [6, 6.07) is 4.12. The third-order valence-electron chi connectivity index (χ3n) is 3.21. The van der Waals surface area contributed by atoms with E-state index in [2.05, 4.69) is 31.0 Å². The molecule has 0 atom stereocenters. The van der Waals surface area contributed by atoms with Crippen LogP contribution < -0.4 is 5.73 Å². The Kier molecular flexibility index (Phi) is 5.47. The SMILES string of the molecule is CCCCC(N)(CCCC)c1ccncc1. The summed E-state index contributed by atoms with van der Waals surface area (Å²) in [5, 5.41) is 0. The first-order valence-corrected chi connectivity index (χ1v) is 6.42.